The summed E-state index contributed by atoms with van der Waals surface area (Å²) in [7, 11) is 0. The molecule has 0 saturated carbocycles. The van der Waals surface area contributed by atoms with Crippen LogP contribution in [0.15, 0.2) is 0 Å². The summed E-state index contributed by atoms with van der Waals surface area (Å²) >= 11 is 1.68. The minimum absolute atomic E-state index is 0.165. The molecule has 0 bridgehead atoms. The number of carbonyl (C=O) groups excluding carboxylic acids is 2. The zero-order valence-corrected chi connectivity index (χ0v) is 8.17. The summed E-state index contributed by atoms with van der Waals surface area (Å²) in [5.41, 5.74) is -0.487. The number of β-lactam (4-membered cyclic amide) rings is 1. The van der Waals surface area contributed by atoms with E-state index in [1.54, 1.807) is 16.7 Å². The predicted molar refractivity (Wildman–Crippen MR) is 48.1 cm³/mol. The molecule has 0 aliphatic carbocycles. The second-order valence-electron chi connectivity index (χ2n) is 3.66. The van der Waals surface area contributed by atoms with E-state index >= 15 is 0 Å². The number of rotatable bonds is 2. The average molecular weight is 201 g/mol. The highest BCUT2D eigenvalue weighted by molar-refractivity contribution is 8.00. The van der Waals surface area contributed by atoms with Crippen molar-refractivity contribution in [1.29, 1.82) is 0 Å². The van der Waals surface area contributed by atoms with Crippen LogP contribution in [-0.4, -0.2) is 40.6 Å². The molecule has 4 nitrogen and oxygen atoms in total. The van der Waals surface area contributed by atoms with Gasteiger partial charge in [-0.3, -0.25) is 9.59 Å². The van der Waals surface area contributed by atoms with E-state index in [1.165, 1.54) is 0 Å². The van der Waals surface area contributed by atoms with Crippen molar-refractivity contribution >= 4 is 24.1 Å². The Morgan fingerprint density at radius 2 is 2.54 bits per heavy atom. The lowest BCUT2D eigenvalue weighted by Gasteiger charge is -2.49. The van der Waals surface area contributed by atoms with E-state index in [1.807, 2.05) is 6.92 Å². The summed E-state index contributed by atoms with van der Waals surface area (Å²) in [5.74, 6) is 0.943. The zero-order valence-electron chi connectivity index (χ0n) is 7.36. The van der Waals surface area contributed by atoms with Crippen LogP contribution < -0.4 is 0 Å². The number of amides is 1. The number of fused-ring (bicyclic) bond motifs is 1. The Morgan fingerprint density at radius 1 is 1.77 bits per heavy atom. The first-order valence-corrected chi connectivity index (χ1v) is 5.22. The van der Waals surface area contributed by atoms with Crippen LogP contribution in [0.5, 0.6) is 0 Å². The van der Waals surface area contributed by atoms with Gasteiger partial charge >= 0.3 is 0 Å². The van der Waals surface area contributed by atoms with Gasteiger partial charge in [-0.1, -0.05) is 0 Å². The normalized spacial score (nSPS) is 37.8. The number of nitrogens with zero attached hydrogens (tertiary/aromatic N) is 1. The topological polar surface area (TPSA) is 46.6 Å². The average Bonchev–Trinajstić information content (AvgIpc) is 2.08. The fraction of sp³-hybridized carbons (Fsp3) is 0.750. The van der Waals surface area contributed by atoms with Crippen LogP contribution in [0.4, 0.5) is 0 Å². The molecule has 2 heterocycles. The largest absolute Gasteiger partial charge is 0.459 e. The summed E-state index contributed by atoms with van der Waals surface area (Å²) in [6.07, 6.45) is 0.641. The van der Waals surface area contributed by atoms with Gasteiger partial charge in [0.25, 0.3) is 6.47 Å². The van der Waals surface area contributed by atoms with Crippen LogP contribution in [-0.2, 0) is 14.3 Å². The Hall–Kier alpha value is -0.710. The molecule has 2 fully saturated rings. The van der Waals surface area contributed by atoms with Gasteiger partial charge in [-0.2, -0.15) is 0 Å². The summed E-state index contributed by atoms with van der Waals surface area (Å²) < 4.78 is 4.98. The maximum atomic E-state index is 11.1. The highest BCUT2D eigenvalue weighted by Crippen LogP contribution is 2.38. The molecule has 0 aromatic carbocycles. The molecule has 0 spiro atoms. The molecule has 13 heavy (non-hydrogen) atoms. The Bertz CT molecular complexity index is 258. The minimum Gasteiger partial charge on any atom is -0.459 e. The monoisotopic (exact) mass is 201 g/mol. The summed E-state index contributed by atoms with van der Waals surface area (Å²) in [6, 6.07) is 0. The lowest BCUT2D eigenvalue weighted by molar-refractivity contribution is -0.155. The van der Waals surface area contributed by atoms with Gasteiger partial charge in [-0.15, -0.1) is 11.8 Å². The van der Waals surface area contributed by atoms with Gasteiger partial charge in [0.1, 0.15) is 5.60 Å². The van der Waals surface area contributed by atoms with Gasteiger partial charge in [-0.25, -0.2) is 0 Å². The van der Waals surface area contributed by atoms with Crippen LogP contribution in [0.3, 0.4) is 0 Å². The molecule has 2 saturated heterocycles. The molecule has 2 aliphatic heterocycles. The molecule has 72 valence electrons. The third-order valence-electron chi connectivity index (χ3n) is 2.44. The molecular weight excluding hydrogens is 190 g/mol. The lowest BCUT2D eigenvalue weighted by Crippen LogP contribution is -2.61. The molecule has 2 rings (SSSR count). The fourth-order valence-electron chi connectivity index (χ4n) is 1.63. The minimum atomic E-state index is -0.487. The van der Waals surface area contributed by atoms with Gasteiger partial charge in [0.05, 0.1) is 18.3 Å². The first kappa shape index (κ1) is 8.87. The van der Waals surface area contributed by atoms with Gasteiger partial charge < -0.3 is 9.64 Å². The molecule has 1 amide bonds. The quantitative estimate of drug-likeness (QED) is 0.474. The molecule has 0 N–H and O–H groups in total. The van der Waals surface area contributed by atoms with E-state index in [0.29, 0.717) is 24.8 Å². The standard InChI is InChI=1S/C8H11NO3S/c1-8(12-5-10)3-9-6(11)2-7(9)13-4-8/h5,7H,2-4H2,1H3/t7-,8?/m1/s1. The maximum Gasteiger partial charge on any atom is 0.293 e. The van der Waals surface area contributed by atoms with Crippen molar-refractivity contribution in [3.8, 4) is 0 Å². The van der Waals surface area contributed by atoms with E-state index in [0.717, 1.165) is 5.75 Å². The molecule has 2 atom stereocenters. The fourth-order valence-corrected chi connectivity index (χ4v) is 2.97. The first-order chi connectivity index (χ1) is 6.14. The number of hydrogen-bond donors (Lipinski definition) is 0. The van der Waals surface area contributed by atoms with Crippen molar-refractivity contribution in [2.24, 2.45) is 0 Å². The van der Waals surface area contributed by atoms with Gasteiger partial charge in [0.2, 0.25) is 5.91 Å². The second-order valence-corrected chi connectivity index (χ2v) is 4.82. The van der Waals surface area contributed by atoms with E-state index in [2.05, 4.69) is 0 Å². The second kappa shape index (κ2) is 2.90. The Kier molecular flexibility index (Phi) is 1.98. The highest BCUT2D eigenvalue weighted by atomic mass is 32.2. The number of hydrogen-bond acceptors (Lipinski definition) is 4. The third kappa shape index (κ3) is 1.41. The van der Waals surface area contributed by atoms with E-state index in [-0.39, 0.29) is 5.91 Å². The van der Waals surface area contributed by atoms with Crippen molar-refractivity contribution in [3.05, 3.63) is 0 Å². The molecule has 0 aromatic heterocycles. The SMILES string of the molecule is CC1(OC=O)CS[C@@H]2CC(=O)N2C1. The van der Waals surface area contributed by atoms with E-state index in [9.17, 15) is 9.59 Å². The van der Waals surface area contributed by atoms with E-state index in [4.69, 9.17) is 4.74 Å². The smallest absolute Gasteiger partial charge is 0.293 e. The number of thioether (sulfide) groups is 1. The van der Waals surface area contributed by atoms with Crippen LogP contribution in [0.2, 0.25) is 0 Å². The summed E-state index contributed by atoms with van der Waals surface area (Å²) in [6.45, 7) is 2.86. The number of ether oxygens (including phenoxy) is 1. The number of carbonyl (C=O) groups is 2. The van der Waals surface area contributed by atoms with Crippen molar-refractivity contribution < 1.29 is 14.3 Å². The van der Waals surface area contributed by atoms with Crippen molar-refractivity contribution in [1.82, 2.24) is 4.90 Å². The lowest BCUT2D eigenvalue weighted by atomic mass is 10.0. The molecule has 1 unspecified atom stereocenters. The zero-order chi connectivity index (χ0) is 9.47. The summed E-state index contributed by atoms with van der Waals surface area (Å²) in [4.78, 5) is 23.1. The van der Waals surface area contributed by atoms with Gasteiger partial charge in [-0.05, 0) is 6.92 Å². The van der Waals surface area contributed by atoms with E-state index < -0.39 is 5.60 Å². The predicted octanol–water partition coefficient (Wildman–Crippen LogP) is 0.223. The van der Waals surface area contributed by atoms with Crippen LogP contribution >= 0.6 is 11.8 Å². The Morgan fingerprint density at radius 3 is 3.15 bits per heavy atom. The van der Waals surface area contributed by atoms with Crippen LogP contribution in [0.25, 0.3) is 0 Å². The molecular formula is C8H11NO3S. The highest BCUT2D eigenvalue weighted by Gasteiger charge is 2.46. The van der Waals surface area contributed by atoms with Crippen molar-refractivity contribution in [2.75, 3.05) is 12.3 Å². The first-order valence-electron chi connectivity index (χ1n) is 4.17. The van der Waals surface area contributed by atoms with Gasteiger partial charge in [0, 0.05) is 5.75 Å². The Labute approximate surface area is 80.6 Å². The molecule has 0 radical (unpaired) electrons. The maximum absolute atomic E-state index is 11.1. The molecule has 5 heteroatoms. The Balaban J connectivity index is 2.02. The third-order valence-corrected chi connectivity index (χ3v) is 4.02. The van der Waals surface area contributed by atoms with Gasteiger partial charge in [0.15, 0.2) is 0 Å². The van der Waals surface area contributed by atoms with Crippen LogP contribution in [0.1, 0.15) is 13.3 Å². The van der Waals surface area contributed by atoms with Crippen molar-refractivity contribution in [3.63, 3.8) is 0 Å². The molecule has 0 aromatic rings. The molecule has 2 aliphatic rings. The summed E-state index contributed by atoms with van der Waals surface area (Å²) in [5, 5.41) is 0.329. The van der Waals surface area contributed by atoms with Crippen LogP contribution in [0, 0.1) is 0 Å². The van der Waals surface area contributed by atoms with Crippen molar-refractivity contribution in [2.45, 2.75) is 24.3 Å².